The van der Waals surface area contributed by atoms with Crippen molar-refractivity contribution in [2.75, 3.05) is 6.54 Å². The summed E-state index contributed by atoms with van der Waals surface area (Å²) in [7, 11) is 0. The lowest BCUT2D eigenvalue weighted by Crippen LogP contribution is -2.40. The van der Waals surface area contributed by atoms with Crippen LogP contribution in [0.1, 0.15) is 34.1 Å². The molecule has 0 saturated heterocycles. The van der Waals surface area contributed by atoms with Gasteiger partial charge in [0, 0.05) is 6.42 Å². The fourth-order valence-corrected chi connectivity index (χ4v) is 0.968. The minimum absolute atomic E-state index is 0.0552. The lowest BCUT2D eigenvalue weighted by molar-refractivity contribution is -0.127. The number of aliphatic hydroxyl groups is 1. The van der Waals surface area contributed by atoms with Gasteiger partial charge in [-0.05, 0) is 11.3 Å². The van der Waals surface area contributed by atoms with Crippen LogP contribution in [0.25, 0.3) is 0 Å². The Morgan fingerprint density at radius 3 is 2.25 bits per heavy atom. The summed E-state index contributed by atoms with van der Waals surface area (Å²) < 4.78 is 0. The topological polar surface area (TPSA) is 92.4 Å². The molecule has 4 N–H and O–H groups in total. The number of carbonyl (C=O) groups excluding carboxylic acids is 2. The Bertz CT molecular complexity index is 258. The average molecular weight is 230 g/mol. The highest BCUT2D eigenvalue weighted by Gasteiger charge is 2.23. The van der Waals surface area contributed by atoms with Crippen molar-refractivity contribution in [1.29, 1.82) is 0 Å². The standard InChI is InChI=1S/C11H22N2O3/c1-7(11(2,3)4)5-9(15)13-6-8(14)10(12)16/h7-8,14H,5-6H2,1-4H3,(H2,12,16)(H,13,15). The van der Waals surface area contributed by atoms with E-state index in [1.165, 1.54) is 0 Å². The van der Waals surface area contributed by atoms with Crippen LogP contribution in [0.5, 0.6) is 0 Å². The van der Waals surface area contributed by atoms with Crippen molar-refractivity contribution in [3.8, 4) is 0 Å². The highest BCUT2D eigenvalue weighted by atomic mass is 16.3. The molecule has 0 aliphatic heterocycles. The number of hydrogen-bond acceptors (Lipinski definition) is 3. The third-order valence-corrected chi connectivity index (χ3v) is 2.79. The summed E-state index contributed by atoms with van der Waals surface area (Å²) in [5.41, 5.74) is 4.91. The second kappa shape index (κ2) is 5.84. The molecule has 0 fully saturated rings. The van der Waals surface area contributed by atoms with E-state index in [0.29, 0.717) is 6.42 Å². The van der Waals surface area contributed by atoms with Gasteiger partial charge in [0.2, 0.25) is 11.8 Å². The number of amides is 2. The molecule has 2 amide bonds. The van der Waals surface area contributed by atoms with E-state index in [9.17, 15) is 9.59 Å². The van der Waals surface area contributed by atoms with Crippen LogP contribution in [0, 0.1) is 11.3 Å². The van der Waals surface area contributed by atoms with Gasteiger partial charge in [-0.3, -0.25) is 9.59 Å². The first kappa shape index (κ1) is 14.9. The monoisotopic (exact) mass is 230 g/mol. The maximum atomic E-state index is 11.5. The van der Waals surface area contributed by atoms with Crippen LogP contribution in [-0.4, -0.2) is 29.6 Å². The number of nitrogens with one attached hydrogen (secondary N) is 1. The molecule has 0 bridgehead atoms. The Morgan fingerprint density at radius 2 is 1.88 bits per heavy atom. The van der Waals surface area contributed by atoms with Gasteiger partial charge in [-0.25, -0.2) is 0 Å². The van der Waals surface area contributed by atoms with Crippen molar-refractivity contribution in [1.82, 2.24) is 5.32 Å². The van der Waals surface area contributed by atoms with Gasteiger partial charge in [0.05, 0.1) is 6.54 Å². The molecule has 0 aromatic rings. The Balaban J connectivity index is 3.97. The number of hydrogen-bond donors (Lipinski definition) is 3. The number of nitrogens with two attached hydrogens (primary N) is 1. The average Bonchev–Trinajstić information content (AvgIpc) is 2.12. The summed E-state index contributed by atoms with van der Waals surface area (Å²) in [5, 5.41) is 11.6. The maximum absolute atomic E-state index is 11.5. The number of aliphatic hydroxyl groups excluding tert-OH is 1. The molecule has 94 valence electrons. The smallest absolute Gasteiger partial charge is 0.248 e. The first-order valence-corrected chi connectivity index (χ1v) is 5.38. The van der Waals surface area contributed by atoms with E-state index in [4.69, 9.17) is 10.8 Å². The van der Waals surface area contributed by atoms with Crippen LogP contribution in [0.2, 0.25) is 0 Å². The summed E-state index contributed by atoms with van der Waals surface area (Å²) in [5.74, 6) is -0.787. The fraction of sp³-hybridized carbons (Fsp3) is 0.818. The van der Waals surface area contributed by atoms with Gasteiger partial charge < -0.3 is 16.2 Å². The summed E-state index contributed by atoms with van der Waals surface area (Å²) >= 11 is 0. The first-order valence-electron chi connectivity index (χ1n) is 5.38. The van der Waals surface area contributed by atoms with Crippen molar-refractivity contribution in [2.45, 2.75) is 40.2 Å². The lowest BCUT2D eigenvalue weighted by atomic mass is 9.80. The van der Waals surface area contributed by atoms with Crippen LogP contribution in [0.3, 0.4) is 0 Å². The number of rotatable bonds is 5. The molecule has 0 spiro atoms. The second-order valence-electron chi connectivity index (χ2n) is 5.19. The number of carbonyl (C=O) groups is 2. The Hall–Kier alpha value is -1.10. The zero-order valence-corrected chi connectivity index (χ0v) is 10.4. The molecule has 2 unspecified atom stereocenters. The third kappa shape index (κ3) is 5.70. The summed E-state index contributed by atoms with van der Waals surface area (Å²) in [4.78, 5) is 22.0. The van der Waals surface area contributed by atoms with E-state index in [1.54, 1.807) is 0 Å². The first-order chi connectivity index (χ1) is 7.14. The predicted octanol–water partition coefficient (Wildman–Crippen LogP) is 0.0211. The Kier molecular flexibility index (Phi) is 5.44. The van der Waals surface area contributed by atoms with Gasteiger partial charge in [0.15, 0.2) is 0 Å². The molecule has 0 aliphatic carbocycles. The SMILES string of the molecule is CC(CC(=O)NCC(O)C(N)=O)C(C)(C)C. The second-order valence-corrected chi connectivity index (χ2v) is 5.19. The van der Waals surface area contributed by atoms with Crippen molar-refractivity contribution < 1.29 is 14.7 Å². The molecule has 0 saturated carbocycles. The van der Waals surface area contributed by atoms with E-state index in [-0.39, 0.29) is 23.8 Å². The van der Waals surface area contributed by atoms with Gasteiger partial charge in [-0.1, -0.05) is 27.7 Å². The molecule has 5 heteroatoms. The quantitative estimate of drug-likeness (QED) is 0.621. The predicted molar refractivity (Wildman–Crippen MR) is 61.4 cm³/mol. The largest absolute Gasteiger partial charge is 0.381 e. The molecule has 0 heterocycles. The molecule has 0 rings (SSSR count). The normalized spacial score (nSPS) is 15.3. The van der Waals surface area contributed by atoms with E-state index < -0.39 is 12.0 Å². The molecule has 2 atom stereocenters. The highest BCUT2D eigenvalue weighted by Crippen LogP contribution is 2.27. The molecule has 0 aromatic carbocycles. The molecule has 16 heavy (non-hydrogen) atoms. The zero-order chi connectivity index (χ0) is 12.9. The van der Waals surface area contributed by atoms with Crippen LogP contribution in [-0.2, 0) is 9.59 Å². The third-order valence-electron chi connectivity index (χ3n) is 2.79. The summed E-state index contributed by atoms with van der Waals surface area (Å²) in [6, 6.07) is 0. The van der Waals surface area contributed by atoms with Gasteiger partial charge in [-0.15, -0.1) is 0 Å². The highest BCUT2D eigenvalue weighted by molar-refractivity contribution is 5.81. The van der Waals surface area contributed by atoms with E-state index in [0.717, 1.165) is 0 Å². The van der Waals surface area contributed by atoms with Gasteiger partial charge in [0.25, 0.3) is 0 Å². The molecule has 0 aromatic heterocycles. The van der Waals surface area contributed by atoms with Crippen LogP contribution in [0.15, 0.2) is 0 Å². The Morgan fingerprint density at radius 1 is 1.38 bits per heavy atom. The van der Waals surface area contributed by atoms with Crippen molar-refractivity contribution in [2.24, 2.45) is 17.1 Å². The number of primary amides is 1. The molecule has 0 radical (unpaired) electrons. The zero-order valence-electron chi connectivity index (χ0n) is 10.4. The summed E-state index contributed by atoms with van der Waals surface area (Å²) in [6.07, 6.45) is -0.941. The van der Waals surface area contributed by atoms with E-state index in [1.807, 2.05) is 6.92 Å². The van der Waals surface area contributed by atoms with Crippen molar-refractivity contribution in [3.05, 3.63) is 0 Å². The minimum atomic E-state index is -1.31. The van der Waals surface area contributed by atoms with E-state index in [2.05, 4.69) is 26.1 Å². The van der Waals surface area contributed by atoms with Crippen molar-refractivity contribution >= 4 is 11.8 Å². The molecule has 5 nitrogen and oxygen atoms in total. The molecule has 0 aliphatic rings. The lowest BCUT2D eigenvalue weighted by Gasteiger charge is -2.26. The van der Waals surface area contributed by atoms with Crippen LogP contribution in [0.4, 0.5) is 0 Å². The fourth-order valence-electron chi connectivity index (χ4n) is 0.968. The van der Waals surface area contributed by atoms with Crippen LogP contribution >= 0.6 is 0 Å². The Labute approximate surface area is 96.4 Å². The van der Waals surface area contributed by atoms with Gasteiger partial charge in [0.1, 0.15) is 6.10 Å². The van der Waals surface area contributed by atoms with Crippen molar-refractivity contribution in [3.63, 3.8) is 0 Å². The maximum Gasteiger partial charge on any atom is 0.248 e. The van der Waals surface area contributed by atoms with Gasteiger partial charge in [-0.2, -0.15) is 0 Å². The molecular weight excluding hydrogens is 208 g/mol. The van der Waals surface area contributed by atoms with Crippen LogP contribution < -0.4 is 11.1 Å². The van der Waals surface area contributed by atoms with E-state index >= 15 is 0 Å². The molecular formula is C11H22N2O3. The van der Waals surface area contributed by atoms with Gasteiger partial charge >= 0.3 is 0 Å². The summed E-state index contributed by atoms with van der Waals surface area (Å²) in [6.45, 7) is 8.05. The minimum Gasteiger partial charge on any atom is -0.381 e.